The fraction of sp³-hybridized carbons (Fsp3) is 0.600. The number of nitrogens with two attached hydrogens (primary N) is 1. The van der Waals surface area contributed by atoms with Crippen LogP contribution in [0.3, 0.4) is 0 Å². The quantitative estimate of drug-likeness (QED) is 0.917. The Bertz CT molecular complexity index is 392. The zero-order chi connectivity index (χ0) is 13.0. The fourth-order valence-electron chi connectivity index (χ4n) is 2.83. The summed E-state index contributed by atoms with van der Waals surface area (Å²) in [6.07, 6.45) is 6.47. The normalized spacial score (nSPS) is 17.4. The van der Waals surface area contributed by atoms with Crippen molar-refractivity contribution in [2.24, 2.45) is 11.7 Å². The van der Waals surface area contributed by atoms with E-state index in [2.05, 4.69) is 6.07 Å². The lowest BCUT2D eigenvalue weighted by molar-refractivity contribution is 0.306. The van der Waals surface area contributed by atoms with Gasteiger partial charge in [-0.05, 0) is 36.5 Å². The second-order valence-electron chi connectivity index (χ2n) is 5.04. The van der Waals surface area contributed by atoms with Crippen molar-refractivity contribution in [3.05, 3.63) is 23.8 Å². The minimum atomic E-state index is 0. The summed E-state index contributed by atoms with van der Waals surface area (Å²) >= 11 is 0. The van der Waals surface area contributed by atoms with E-state index in [9.17, 15) is 0 Å². The zero-order valence-electron chi connectivity index (χ0n) is 11.7. The second kappa shape index (κ2) is 7.61. The molecule has 0 aliphatic heterocycles. The fourth-order valence-corrected chi connectivity index (χ4v) is 2.83. The van der Waals surface area contributed by atoms with Crippen molar-refractivity contribution in [2.75, 3.05) is 14.2 Å². The van der Waals surface area contributed by atoms with Crippen LogP contribution in [0.15, 0.2) is 18.2 Å². The number of hydrogen-bond donors (Lipinski definition) is 1. The molecule has 3 nitrogen and oxygen atoms in total. The molecule has 108 valence electrons. The number of hydrogen-bond acceptors (Lipinski definition) is 3. The lowest BCUT2D eigenvalue weighted by Crippen LogP contribution is -2.23. The summed E-state index contributed by atoms with van der Waals surface area (Å²) in [5, 5.41) is 0. The highest BCUT2D eigenvalue weighted by Gasteiger charge is 2.22. The first-order valence-electron chi connectivity index (χ1n) is 6.73. The third-order valence-corrected chi connectivity index (χ3v) is 3.95. The molecule has 0 spiro atoms. The minimum absolute atomic E-state index is 0. The summed E-state index contributed by atoms with van der Waals surface area (Å²) in [6.45, 7) is 0. The van der Waals surface area contributed by atoms with Crippen LogP contribution in [-0.4, -0.2) is 14.2 Å². The molecule has 1 fully saturated rings. The van der Waals surface area contributed by atoms with Gasteiger partial charge in [0.2, 0.25) is 0 Å². The van der Waals surface area contributed by atoms with Gasteiger partial charge in [-0.1, -0.05) is 25.3 Å². The second-order valence-corrected chi connectivity index (χ2v) is 5.04. The highest BCUT2D eigenvalue weighted by Crippen LogP contribution is 2.36. The number of benzene rings is 1. The Hall–Kier alpha value is -0.930. The summed E-state index contributed by atoms with van der Waals surface area (Å²) in [4.78, 5) is 0. The van der Waals surface area contributed by atoms with Crippen molar-refractivity contribution in [2.45, 2.75) is 38.1 Å². The zero-order valence-corrected chi connectivity index (χ0v) is 12.5. The molecule has 0 saturated heterocycles. The van der Waals surface area contributed by atoms with Crippen LogP contribution in [0.4, 0.5) is 0 Å². The standard InChI is InChI=1S/C15H23NO2.ClH/c1-17-13-9-8-12(10-14(13)18-2)15(16)11-6-4-3-5-7-11;/h8-11,15H,3-7,16H2,1-2H3;1H/t15-;/m1./s1. The van der Waals surface area contributed by atoms with Crippen LogP contribution >= 0.6 is 12.4 Å². The van der Waals surface area contributed by atoms with Gasteiger partial charge in [0.1, 0.15) is 0 Å². The molecular formula is C15H24ClNO2. The molecule has 1 aromatic carbocycles. The summed E-state index contributed by atoms with van der Waals surface area (Å²) in [7, 11) is 3.31. The van der Waals surface area contributed by atoms with E-state index in [0.717, 1.165) is 17.1 Å². The van der Waals surface area contributed by atoms with Crippen LogP contribution in [0.25, 0.3) is 0 Å². The van der Waals surface area contributed by atoms with E-state index in [-0.39, 0.29) is 18.4 Å². The maximum absolute atomic E-state index is 6.39. The Labute approximate surface area is 121 Å². The van der Waals surface area contributed by atoms with Crippen molar-refractivity contribution in [3.63, 3.8) is 0 Å². The van der Waals surface area contributed by atoms with E-state index >= 15 is 0 Å². The third kappa shape index (κ3) is 3.77. The Morgan fingerprint density at radius 3 is 2.26 bits per heavy atom. The number of methoxy groups -OCH3 is 2. The lowest BCUT2D eigenvalue weighted by atomic mass is 9.81. The molecule has 0 radical (unpaired) electrons. The molecule has 0 amide bonds. The van der Waals surface area contributed by atoms with Crippen molar-refractivity contribution in [1.82, 2.24) is 0 Å². The predicted molar refractivity (Wildman–Crippen MR) is 80.3 cm³/mol. The number of rotatable bonds is 4. The summed E-state index contributed by atoms with van der Waals surface area (Å²) in [5.41, 5.74) is 7.54. The van der Waals surface area contributed by atoms with Crippen molar-refractivity contribution < 1.29 is 9.47 Å². The van der Waals surface area contributed by atoms with Crippen LogP contribution in [0.2, 0.25) is 0 Å². The van der Waals surface area contributed by atoms with Gasteiger partial charge in [-0.25, -0.2) is 0 Å². The Balaban J connectivity index is 0.00000180. The van der Waals surface area contributed by atoms with Crippen LogP contribution < -0.4 is 15.2 Å². The maximum Gasteiger partial charge on any atom is 0.161 e. The SMILES string of the molecule is COc1ccc([C@H](N)C2CCCCC2)cc1OC.Cl. The molecule has 0 aromatic heterocycles. The average molecular weight is 286 g/mol. The van der Waals surface area contributed by atoms with Crippen LogP contribution in [0.1, 0.15) is 43.7 Å². The molecular weight excluding hydrogens is 262 g/mol. The van der Waals surface area contributed by atoms with Gasteiger partial charge in [-0.15, -0.1) is 12.4 Å². The van der Waals surface area contributed by atoms with Gasteiger partial charge in [0, 0.05) is 6.04 Å². The first kappa shape index (κ1) is 16.1. The topological polar surface area (TPSA) is 44.5 Å². The van der Waals surface area contributed by atoms with Crippen LogP contribution in [-0.2, 0) is 0 Å². The molecule has 0 unspecified atom stereocenters. The first-order chi connectivity index (χ1) is 8.76. The molecule has 1 aliphatic carbocycles. The lowest BCUT2D eigenvalue weighted by Gasteiger charge is -2.28. The van der Waals surface area contributed by atoms with Gasteiger partial charge in [0.15, 0.2) is 11.5 Å². The summed E-state index contributed by atoms with van der Waals surface area (Å²) in [5.74, 6) is 2.13. The highest BCUT2D eigenvalue weighted by molar-refractivity contribution is 5.85. The molecule has 1 aliphatic rings. The van der Waals surface area contributed by atoms with Crippen molar-refractivity contribution in [3.8, 4) is 11.5 Å². The largest absolute Gasteiger partial charge is 0.493 e. The van der Waals surface area contributed by atoms with Gasteiger partial charge in [-0.2, -0.15) is 0 Å². The highest BCUT2D eigenvalue weighted by atomic mass is 35.5. The first-order valence-corrected chi connectivity index (χ1v) is 6.73. The number of halogens is 1. The third-order valence-electron chi connectivity index (χ3n) is 3.95. The van der Waals surface area contributed by atoms with E-state index < -0.39 is 0 Å². The van der Waals surface area contributed by atoms with Gasteiger partial charge < -0.3 is 15.2 Å². The van der Waals surface area contributed by atoms with E-state index in [1.165, 1.54) is 32.1 Å². The predicted octanol–water partition coefficient (Wildman–Crippen LogP) is 3.71. The smallest absolute Gasteiger partial charge is 0.161 e. The monoisotopic (exact) mass is 285 g/mol. The minimum Gasteiger partial charge on any atom is -0.493 e. The van der Waals surface area contributed by atoms with E-state index in [4.69, 9.17) is 15.2 Å². The molecule has 19 heavy (non-hydrogen) atoms. The van der Waals surface area contributed by atoms with E-state index in [0.29, 0.717) is 5.92 Å². The summed E-state index contributed by atoms with van der Waals surface area (Å²) < 4.78 is 10.6. The molecule has 2 N–H and O–H groups in total. The Morgan fingerprint density at radius 1 is 1.05 bits per heavy atom. The van der Waals surface area contributed by atoms with Crippen LogP contribution in [0, 0.1) is 5.92 Å². The van der Waals surface area contributed by atoms with E-state index in [1.54, 1.807) is 14.2 Å². The molecule has 2 rings (SSSR count). The van der Waals surface area contributed by atoms with Crippen LogP contribution in [0.5, 0.6) is 11.5 Å². The van der Waals surface area contributed by atoms with Crippen molar-refractivity contribution in [1.29, 1.82) is 0 Å². The van der Waals surface area contributed by atoms with Gasteiger partial charge in [-0.3, -0.25) is 0 Å². The van der Waals surface area contributed by atoms with Gasteiger partial charge in [0.25, 0.3) is 0 Å². The summed E-state index contributed by atoms with van der Waals surface area (Å²) in [6, 6.07) is 6.13. The average Bonchev–Trinajstić information content (AvgIpc) is 2.46. The molecule has 1 aromatic rings. The van der Waals surface area contributed by atoms with Crippen molar-refractivity contribution >= 4 is 12.4 Å². The maximum atomic E-state index is 6.39. The Morgan fingerprint density at radius 2 is 1.68 bits per heavy atom. The molecule has 1 atom stereocenters. The Kier molecular flexibility index (Phi) is 6.46. The molecule has 0 heterocycles. The van der Waals surface area contributed by atoms with Gasteiger partial charge in [0.05, 0.1) is 14.2 Å². The molecule has 0 bridgehead atoms. The molecule has 4 heteroatoms. The van der Waals surface area contributed by atoms with Gasteiger partial charge >= 0.3 is 0 Å². The van der Waals surface area contributed by atoms with E-state index in [1.807, 2.05) is 12.1 Å². The number of ether oxygens (including phenoxy) is 2. The molecule has 1 saturated carbocycles.